The van der Waals surface area contributed by atoms with Gasteiger partial charge in [0.25, 0.3) is 0 Å². The zero-order valence-electron chi connectivity index (χ0n) is 11.9. The molecule has 0 radical (unpaired) electrons. The topological polar surface area (TPSA) is 99.1 Å². The van der Waals surface area contributed by atoms with Gasteiger partial charge < -0.3 is 25.2 Å². The van der Waals surface area contributed by atoms with Gasteiger partial charge in [-0.15, -0.1) is 0 Å². The molecule has 0 aromatic carbocycles. The molecule has 0 saturated heterocycles. The maximum atomic E-state index is 12.1. The lowest BCUT2D eigenvalue weighted by molar-refractivity contribution is -0.143. The fraction of sp³-hybridized carbons (Fsp3) is 0.846. The van der Waals surface area contributed by atoms with Gasteiger partial charge in [0.05, 0.1) is 19.1 Å². The highest BCUT2D eigenvalue weighted by atomic mass is 16.5. The van der Waals surface area contributed by atoms with Gasteiger partial charge in [-0.05, 0) is 19.3 Å². The van der Waals surface area contributed by atoms with E-state index in [4.69, 9.17) is 14.9 Å². The van der Waals surface area contributed by atoms with Crippen LogP contribution < -0.4 is 5.32 Å². The van der Waals surface area contributed by atoms with Crippen molar-refractivity contribution in [3.05, 3.63) is 0 Å². The first-order valence-electron chi connectivity index (χ1n) is 6.96. The molecule has 0 spiro atoms. The monoisotopic (exact) mass is 288 g/mol. The lowest BCUT2D eigenvalue weighted by Gasteiger charge is -2.30. The molecule has 3 N–H and O–H groups in total. The van der Waals surface area contributed by atoms with Crippen LogP contribution in [0.25, 0.3) is 0 Å². The Kier molecular flexibility index (Phi) is 7.32. The molecule has 20 heavy (non-hydrogen) atoms. The number of nitrogens with one attached hydrogen (secondary N) is 1. The van der Waals surface area contributed by atoms with Crippen LogP contribution in [0, 0.1) is 5.92 Å². The number of nitrogens with zero attached hydrogens (tertiary/aromatic N) is 1. The van der Waals surface area contributed by atoms with E-state index in [2.05, 4.69) is 5.32 Å². The van der Waals surface area contributed by atoms with Crippen molar-refractivity contribution >= 4 is 12.0 Å². The minimum Gasteiger partial charge on any atom is -0.481 e. The van der Waals surface area contributed by atoms with E-state index in [1.807, 2.05) is 0 Å². The number of aliphatic hydroxyl groups excluding tert-OH is 1. The number of rotatable bonds is 7. The van der Waals surface area contributed by atoms with Gasteiger partial charge in [0.1, 0.15) is 0 Å². The van der Waals surface area contributed by atoms with Gasteiger partial charge in [-0.2, -0.15) is 0 Å². The third-order valence-electron chi connectivity index (χ3n) is 3.57. The fourth-order valence-corrected chi connectivity index (χ4v) is 2.45. The lowest BCUT2D eigenvalue weighted by Crippen LogP contribution is -2.48. The Labute approximate surface area is 118 Å². The zero-order valence-corrected chi connectivity index (χ0v) is 11.9. The summed E-state index contributed by atoms with van der Waals surface area (Å²) in [5.41, 5.74) is 0. The number of aliphatic hydroxyl groups is 1. The van der Waals surface area contributed by atoms with Crippen molar-refractivity contribution in [3.8, 4) is 0 Å². The third-order valence-corrected chi connectivity index (χ3v) is 3.57. The second kappa shape index (κ2) is 8.76. The number of urea groups is 1. The quantitative estimate of drug-likeness (QED) is 0.625. The highest BCUT2D eigenvalue weighted by Crippen LogP contribution is 2.24. The average Bonchev–Trinajstić information content (AvgIpc) is 2.43. The minimum atomic E-state index is -0.796. The smallest absolute Gasteiger partial charge is 0.317 e. The van der Waals surface area contributed by atoms with Gasteiger partial charge in [-0.3, -0.25) is 4.79 Å². The third kappa shape index (κ3) is 5.34. The number of carboxylic acids is 1. The van der Waals surface area contributed by atoms with E-state index in [1.165, 1.54) is 4.90 Å². The van der Waals surface area contributed by atoms with Gasteiger partial charge in [0.2, 0.25) is 0 Å². The Morgan fingerprint density at radius 2 is 2.10 bits per heavy atom. The summed E-state index contributed by atoms with van der Waals surface area (Å²) in [6, 6.07) is -0.381. The fourth-order valence-electron chi connectivity index (χ4n) is 2.45. The molecule has 7 heteroatoms. The number of carboxylic acid groups (broad SMARTS) is 1. The summed E-state index contributed by atoms with van der Waals surface area (Å²) in [6.45, 7) is 0.928. The van der Waals surface area contributed by atoms with Crippen LogP contribution in [-0.2, 0) is 9.53 Å². The summed E-state index contributed by atoms with van der Waals surface area (Å²) >= 11 is 0. The summed E-state index contributed by atoms with van der Waals surface area (Å²) in [5.74, 6) is -1.17. The highest BCUT2D eigenvalue weighted by Gasteiger charge is 2.28. The second-order valence-corrected chi connectivity index (χ2v) is 5.05. The summed E-state index contributed by atoms with van der Waals surface area (Å²) in [4.78, 5) is 24.6. The van der Waals surface area contributed by atoms with Crippen LogP contribution in [0.15, 0.2) is 0 Å². The first-order valence-corrected chi connectivity index (χ1v) is 6.96. The number of amides is 2. The van der Waals surface area contributed by atoms with Crippen molar-refractivity contribution in [2.45, 2.75) is 31.7 Å². The highest BCUT2D eigenvalue weighted by molar-refractivity contribution is 5.75. The SMILES string of the molecule is COCCN(CCO)C(=O)NC1CCCC(C(=O)O)C1. The van der Waals surface area contributed by atoms with Crippen LogP contribution in [0.2, 0.25) is 0 Å². The molecule has 1 aliphatic rings. The van der Waals surface area contributed by atoms with Crippen LogP contribution >= 0.6 is 0 Å². The van der Waals surface area contributed by atoms with Gasteiger partial charge in [-0.25, -0.2) is 4.79 Å². The number of ether oxygens (including phenoxy) is 1. The maximum absolute atomic E-state index is 12.1. The van der Waals surface area contributed by atoms with Crippen molar-refractivity contribution < 1.29 is 24.5 Å². The Balaban J connectivity index is 2.47. The van der Waals surface area contributed by atoms with Crippen molar-refractivity contribution in [1.82, 2.24) is 10.2 Å². The molecule has 0 aromatic heterocycles. The van der Waals surface area contributed by atoms with E-state index >= 15 is 0 Å². The van der Waals surface area contributed by atoms with Crippen molar-refractivity contribution in [3.63, 3.8) is 0 Å². The molecule has 116 valence electrons. The van der Waals surface area contributed by atoms with Crippen LogP contribution in [0.1, 0.15) is 25.7 Å². The number of aliphatic carboxylic acids is 1. The number of hydrogen-bond acceptors (Lipinski definition) is 4. The first-order chi connectivity index (χ1) is 9.58. The Morgan fingerprint density at radius 1 is 1.35 bits per heavy atom. The van der Waals surface area contributed by atoms with Gasteiger partial charge in [-0.1, -0.05) is 6.42 Å². The molecular formula is C13H24N2O5. The van der Waals surface area contributed by atoms with E-state index in [9.17, 15) is 9.59 Å². The van der Waals surface area contributed by atoms with Crippen molar-refractivity contribution in [2.75, 3.05) is 33.4 Å². The number of hydrogen-bond donors (Lipinski definition) is 3. The molecule has 1 rings (SSSR count). The number of carbonyl (C=O) groups is 2. The summed E-state index contributed by atoms with van der Waals surface area (Å²) in [5, 5.41) is 20.8. The van der Waals surface area contributed by atoms with E-state index in [0.29, 0.717) is 26.0 Å². The minimum absolute atomic E-state index is 0.110. The number of methoxy groups -OCH3 is 1. The van der Waals surface area contributed by atoms with Crippen molar-refractivity contribution in [1.29, 1.82) is 0 Å². The van der Waals surface area contributed by atoms with Crippen LogP contribution in [0.5, 0.6) is 0 Å². The average molecular weight is 288 g/mol. The normalized spacial score (nSPS) is 22.3. The number of carbonyl (C=O) groups excluding carboxylic acids is 1. The van der Waals surface area contributed by atoms with Crippen molar-refractivity contribution in [2.24, 2.45) is 5.92 Å². The molecule has 1 fully saturated rings. The molecule has 7 nitrogen and oxygen atoms in total. The largest absolute Gasteiger partial charge is 0.481 e. The molecule has 1 aliphatic carbocycles. The Morgan fingerprint density at radius 3 is 2.70 bits per heavy atom. The molecular weight excluding hydrogens is 264 g/mol. The van der Waals surface area contributed by atoms with Gasteiger partial charge in [0.15, 0.2) is 0 Å². The molecule has 2 atom stereocenters. The van der Waals surface area contributed by atoms with Crippen LogP contribution in [0.4, 0.5) is 4.79 Å². The molecule has 0 aromatic rings. The van der Waals surface area contributed by atoms with E-state index in [0.717, 1.165) is 12.8 Å². The zero-order chi connectivity index (χ0) is 15.0. The molecule has 2 unspecified atom stereocenters. The lowest BCUT2D eigenvalue weighted by atomic mass is 9.86. The second-order valence-electron chi connectivity index (χ2n) is 5.05. The Hall–Kier alpha value is -1.34. The molecule has 0 heterocycles. The predicted octanol–water partition coefficient (Wildman–Crippen LogP) is 0.280. The van der Waals surface area contributed by atoms with Gasteiger partial charge in [0, 0.05) is 26.2 Å². The molecule has 1 saturated carbocycles. The van der Waals surface area contributed by atoms with Crippen LogP contribution in [-0.4, -0.2) is 66.6 Å². The summed E-state index contributed by atoms with van der Waals surface area (Å²) in [6.07, 6.45) is 2.75. The molecule has 2 amide bonds. The first kappa shape index (κ1) is 16.7. The molecule has 0 aliphatic heterocycles. The summed E-state index contributed by atoms with van der Waals surface area (Å²) < 4.78 is 4.93. The molecule has 0 bridgehead atoms. The van der Waals surface area contributed by atoms with Crippen LogP contribution in [0.3, 0.4) is 0 Å². The van der Waals surface area contributed by atoms with E-state index in [-0.39, 0.29) is 31.1 Å². The van der Waals surface area contributed by atoms with E-state index in [1.54, 1.807) is 7.11 Å². The van der Waals surface area contributed by atoms with Gasteiger partial charge >= 0.3 is 12.0 Å². The van der Waals surface area contributed by atoms with E-state index < -0.39 is 5.97 Å². The predicted molar refractivity (Wildman–Crippen MR) is 72.4 cm³/mol. The summed E-state index contributed by atoms with van der Waals surface area (Å²) in [7, 11) is 1.55. The standard InChI is InChI=1S/C13H24N2O5/c1-20-8-6-15(5-7-16)13(19)14-11-4-2-3-10(9-11)12(17)18/h10-11,16H,2-9H2,1H3,(H,14,19)(H,17,18). The Bertz CT molecular complexity index is 324. The maximum Gasteiger partial charge on any atom is 0.317 e.